The average molecular weight is 390 g/mol. The zero-order chi connectivity index (χ0) is 19.2. The molecule has 27 heavy (non-hydrogen) atoms. The Morgan fingerprint density at radius 1 is 1.30 bits per heavy atom. The molecule has 0 saturated carbocycles. The van der Waals surface area contributed by atoms with Crippen molar-refractivity contribution in [1.82, 2.24) is 14.9 Å². The van der Waals surface area contributed by atoms with Gasteiger partial charge in [-0.3, -0.25) is 4.79 Å². The van der Waals surface area contributed by atoms with Gasteiger partial charge in [-0.1, -0.05) is 29.8 Å². The van der Waals surface area contributed by atoms with Crippen molar-refractivity contribution < 1.29 is 9.53 Å². The van der Waals surface area contributed by atoms with E-state index >= 15 is 0 Å². The molecule has 1 amide bonds. The monoisotopic (exact) mass is 389 g/mol. The molecule has 3 rings (SSSR count). The van der Waals surface area contributed by atoms with Crippen LogP contribution in [0.5, 0.6) is 5.75 Å². The van der Waals surface area contributed by atoms with Crippen molar-refractivity contribution in [3.8, 4) is 5.75 Å². The van der Waals surface area contributed by atoms with Gasteiger partial charge in [0.2, 0.25) is 5.91 Å². The number of hydrogen-bond donors (Lipinski definition) is 2. The van der Waals surface area contributed by atoms with Crippen LogP contribution >= 0.6 is 11.6 Å². The second kappa shape index (κ2) is 8.90. The number of ether oxygens (including phenoxy) is 1. The molecule has 1 fully saturated rings. The van der Waals surface area contributed by atoms with Crippen LogP contribution in [-0.4, -0.2) is 54.1 Å². The number of anilines is 2. The summed E-state index contributed by atoms with van der Waals surface area (Å²) in [6.07, 6.45) is 3.50. The van der Waals surface area contributed by atoms with Crippen molar-refractivity contribution in [2.45, 2.75) is 25.3 Å². The Morgan fingerprint density at radius 2 is 2.04 bits per heavy atom. The Balaban J connectivity index is 1.56. The number of likely N-dealkylation sites (tertiary alicyclic amines) is 1. The fourth-order valence-corrected chi connectivity index (χ4v) is 3.51. The zero-order valence-corrected chi connectivity index (χ0v) is 16.3. The summed E-state index contributed by atoms with van der Waals surface area (Å²) in [5.74, 6) is 1.57. The molecule has 2 aromatic rings. The minimum atomic E-state index is 0.124. The molecule has 8 heteroatoms. The number of nitrogens with one attached hydrogen (secondary N) is 2. The van der Waals surface area contributed by atoms with E-state index in [2.05, 4.69) is 20.6 Å². The summed E-state index contributed by atoms with van der Waals surface area (Å²) in [6, 6.07) is 7.88. The van der Waals surface area contributed by atoms with Gasteiger partial charge in [0.05, 0.1) is 13.5 Å². The Morgan fingerprint density at radius 3 is 2.74 bits per heavy atom. The second-order valence-electron chi connectivity index (χ2n) is 6.43. The largest absolute Gasteiger partial charge is 0.496 e. The lowest BCUT2D eigenvalue weighted by atomic mass is 10.0. The van der Waals surface area contributed by atoms with Crippen LogP contribution in [0.4, 0.5) is 11.5 Å². The number of hydrogen-bond acceptors (Lipinski definition) is 6. The number of amides is 1. The van der Waals surface area contributed by atoms with Gasteiger partial charge in [-0.05, 0) is 18.9 Å². The number of benzene rings is 1. The third-order valence-electron chi connectivity index (χ3n) is 4.77. The Hall–Kier alpha value is -2.54. The van der Waals surface area contributed by atoms with E-state index in [0.717, 1.165) is 24.2 Å². The molecule has 144 valence electrons. The Kier molecular flexibility index (Phi) is 6.34. The summed E-state index contributed by atoms with van der Waals surface area (Å²) >= 11 is 6.10. The molecule has 0 spiro atoms. The first-order valence-electron chi connectivity index (χ1n) is 8.96. The summed E-state index contributed by atoms with van der Waals surface area (Å²) in [5.41, 5.74) is 1.60. The first-order chi connectivity index (χ1) is 13.1. The van der Waals surface area contributed by atoms with Gasteiger partial charge in [-0.15, -0.1) is 0 Å². The maximum absolute atomic E-state index is 12.6. The molecule has 1 saturated heterocycles. The molecular weight excluding hydrogens is 366 g/mol. The van der Waals surface area contributed by atoms with Gasteiger partial charge in [0.15, 0.2) is 11.0 Å². The number of nitrogens with zero attached hydrogens (tertiary/aromatic N) is 3. The van der Waals surface area contributed by atoms with E-state index in [1.54, 1.807) is 14.2 Å². The van der Waals surface area contributed by atoms with Gasteiger partial charge in [-0.25, -0.2) is 9.97 Å². The van der Waals surface area contributed by atoms with Gasteiger partial charge in [0, 0.05) is 31.7 Å². The van der Waals surface area contributed by atoms with Crippen molar-refractivity contribution in [3.05, 3.63) is 41.3 Å². The SMILES string of the molecule is CNc1c(Cl)ncnc1NC1CCN(C(=O)Cc2ccccc2OC)CC1. The molecule has 0 aliphatic carbocycles. The van der Waals surface area contributed by atoms with Gasteiger partial charge in [0.25, 0.3) is 0 Å². The molecule has 2 N–H and O–H groups in total. The summed E-state index contributed by atoms with van der Waals surface area (Å²) in [4.78, 5) is 22.8. The summed E-state index contributed by atoms with van der Waals surface area (Å²) in [7, 11) is 3.41. The predicted octanol–water partition coefficient (Wildman–Crippen LogP) is 2.83. The quantitative estimate of drug-likeness (QED) is 0.739. The number of aromatic nitrogens is 2. The van der Waals surface area contributed by atoms with Crippen LogP contribution in [0.25, 0.3) is 0 Å². The lowest BCUT2D eigenvalue weighted by molar-refractivity contribution is -0.131. The van der Waals surface area contributed by atoms with E-state index in [1.807, 2.05) is 29.2 Å². The minimum absolute atomic E-state index is 0.124. The number of carbonyl (C=O) groups excluding carboxylic acids is 1. The molecule has 1 aliphatic heterocycles. The Labute approximate surface area is 164 Å². The molecule has 0 radical (unpaired) electrons. The van der Waals surface area contributed by atoms with Crippen LogP contribution in [0, 0.1) is 0 Å². The van der Waals surface area contributed by atoms with Crippen LogP contribution in [-0.2, 0) is 11.2 Å². The maximum Gasteiger partial charge on any atom is 0.227 e. The molecule has 1 aromatic heterocycles. The highest BCUT2D eigenvalue weighted by Crippen LogP contribution is 2.27. The smallest absolute Gasteiger partial charge is 0.227 e. The number of rotatable bonds is 6. The molecular formula is C19H24ClN5O2. The van der Waals surface area contributed by atoms with E-state index in [0.29, 0.717) is 36.2 Å². The van der Waals surface area contributed by atoms with Crippen LogP contribution in [0.2, 0.25) is 5.15 Å². The molecule has 7 nitrogen and oxygen atoms in total. The van der Waals surface area contributed by atoms with Gasteiger partial charge in [-0.2, -0.15) is 0 Å². The number of piperidine rings is 1. The maximum atomic E-state index is 12.6. The third-order valence-corrected chi connectivity index (χ3v) is 5.06. The standard InChI is InChI=1S/C19H24ClN5O2/c1-21-17-18(20)22-12-23-19(17)24-14-7-9-25(10-8-14)16(26)11-13-5-3-4-6-15(13)27-2/h3-6,12,14,21H,7-11H2,1-2H3,(H,22,23,24). The topological polar surface area (TPSA) is 79.4 Å². The van der Waals surface area contributed by atoms with Crippen molar-refractivity contribution in [2.24, 2.45) is 0 Å². The first kappa shape index (κ1) is 19.2. The summed E-state index contributed by atoms with van der Waals surface area (Å²) in [6.45, 7) is 1.42. The number of carbonyl (C=O) groups is 1. The van der Waals surface area contributed by atoms with Crippen molar-refractivity contribution >= 4 is 29.0 Å². The molecule has 2 heterocycles. The summed E-state index contributed by atoms with van der Waals surface area (Å²) in [5, 5.41) is 6.82. The zero-order valence-electron chi connectivity index (χ0n) is 15.5. The van der Waals surface area contributed by atoms with E-state index in [-0.39, 0.29) is 11.9 Å². The van der Waals surface area contributed by atoms with Crippen LogP contribution in [0.3, 0.4) is 0 Å². The van der Waals surface area contributed by atoms with Crippen molar-refractivity contribution in [2.75, 3.05) is 37.9 Å². The van der Waals surface area contributed by atoms with Crippen LogP contribution in [0.1, 0.15) is 18.4 Å². The van der Waals surface area contributed by atoms with Crippen LogP contribution < -0.4 is 15.4 Å². The molecule has 0 atom stereocenters. The normalized spacial score (nSPS) is 14.7. The molecule has 1 aliphatic rings. The van der Waals surface area contributed by atoms with Gasteiger partial charge < -0.3 is 20.3 Å². The number of halogens is 1. The highest BCUT2D eigenvalue weighted by molar-refractivity contribution is 6.32. The van der Waals surface area contributed by atoms with Crippen LogP contribution in [0.15, 0.2) is 30.6 Å². The fraction of sp³-hybridized carbons (Fsp3) is 0.421. The Bertz CT molecular complexity index is 793. The summed E-state index contributed by atoms with van der Waals surface area (Å²) < 4.78 is 5.34. The van der Waals surface area contributed by atoms with Gasteiger partial charge >= 0.3 is 0 Å². The third kappa shape index (κ3) is 4.60. The van der Waals surface area contributed by atoms with Gasteiger partial charge in [0.1, 0.15) is 17.8 Å². The average Bonchev–Trinajstić information content (AvgIpc) is 2.69. The second-order valence-corrected chi connectivity index (χ2v) is 6.78. The van der Waals surface area contributed by atoms with Crippen molar-refractivity contribution in [3.63, 3.8) is 0 Å². The first-order valence-corrected chi connectivity index (χ1v) is 9.34. The number of para-hydroxylation sites is 1. The lowest BCUT2D eigenvalue weighted by Gasteiger charge is -2.33. The lowest BCUT2D eigenvalue weighted by Crippen LogP contribution is -2.43. The van der Waals surface area contributed by atoms with E-state index in [4.69, 9.17) is 16.3 Å². The fourth-order valence-electron chi connectivity index (χ4n) is 3.29. The molecule has 0 bridgehead atoms. The molecule has 0 unspecified atom stereocenters. The van der Waals surface area contributed by atoms with Crippen molar-refractivity contribution in [1.29, 1.82) is 0 Å². The highest BCUT2D eigenvalue weighted by atomic mass is 35.5. The predicted molar refractivity (Wildman–Crippen MR) is 107 cm³/mol. The molecule has 1 aromatic carbocycles. The minimum Gasteiger partial charge on any atom is -0.496 e. The number of methoxy groups -OCH3 is 1. The van der Waals surface area contributed by atoms with E-state index in [1.165, 1.54) is 6.33 Å². The van der Waals surface area contributed by atoms with E-state index < -0.39 is 0 Å². The van der Waals surface area contributed by atoms with E-state index in [9.17, 15) is 4.79 Å². The highest BCUT2D eigenvalue weighted by Gasteiger charge is 2.24.